The van der Waals surface area contributed by atoms with Crippen LogP contribution in [0.1, 0.15) is 0 Å². The van der Waals surface area contributed by atoms with Gasteiger partial charge in [-0.05, 0) is 36.4 Å². The molecule has 9 heteroatoms. The third kappa shape index (κ3) is 3.23. The monoisotopic (exact) mass is 438 g/mol. The summed E-state index contributed by atoms with van der Waals surface area (Å²) in [5, 5.41) is 28.5. The number of benzene rings is 1. The van der Waals surface area contributed by atoms with Crippen molar-refractivity contribution in [2.75, 3.05) is 0 Å². The van der Waals surface area contributed by atoms with Crippen LogP contribution in [0.5, 0.6) is 11.5 Å². The third-order valence-electron chi connectivity index (χ3n) is 5.44. The number of pyridine rings is 3. The fourth-order valence-corrected chi connectivity index (χ4v) is 3.98. The summed E-state index contributed by atoms with van der Waals surface area (Å²) in [6, 6.07) is 11.1. The van der Waals surface area contributed by atoms with Gasteiger partial charge in [-0.25, -0.2) is 9.37 Å². The molecule has 0 aliphatic rings. The Morgan fingerprint density at radius 1 is 0.788 bits per heavy atom. The minimum atomic E-state index is -0.542. The van der Waals surface area contributed by atoms with Crippen molar-refractivity contribution in [2.45, 2.75) is 0 Å². The number of aromatic amines is 2. The van der Waals surface area contributed by atoms with E-state index in [4.69, 9.17) is 0 Å². The first kappa shape index (κ1) is 18.9. The molecule has 6 aromatic rings. The number of fused-ring (bicyclic) bond motifs is 2. The minimum absolute atomic E-state index is 0.0686. The Morgan fingerprint density at radius 2 is 1.64 bits per heavy atom. The number of phenolic OH excluding ortho intramolecular Hbond substituents is 1. The van der Waals surface area contributed by atoms with Gasteiger partial charge in [0.05, 0.1) is 23.3 Å². The van der Waals surface area contributed by atoms with E-state index in [0.29, 0.717) is 16.9 Å². The second-order valence-electron chi connectivity index (χ2n) is 7.63. The topological polar surface area (TPSA) is 124 Å². The molecule has 0 saturated heterocycles. The van der Waals surface area contributed by atoms with Crippen LogP contribution in [-0.2, 0) is 0 Å². The molecular formula is C24H15FN6O2. The summed E-state index contributed by atoms with van der Waals surface area (Å²) in [6.07, 6.45) is 6.32. The van der Waals surface area contributed by atoms with Crippen molar-refractivity contribution in [1.82, 2.24) is 30.1 Å². The Labute approximate surface area is 185 Å². The zero-order valence-electron chi connectivity index (χ0n) is 16.9. The molecule has 0 saturated carbocycles. The molecule has 6 rings (SSSR count). The van der Waals surface area contributed by atoms with Gasteiger partial charge in [0.15, 0.2) is 5.65 Å². The lowest BCUT2D eigenvalue weighted by Crippen LogP contribution is -1.85. The van der Waals surface area contributed by atoms with Gasteiger partial charge in [0.1, 0.15) is 17.3 Å². The maximum Gasteiger partial charge on any atom is 0.181 e. The van der Waals surface area contributed by atoms with Crippen LogP contribution >= 0.6 is 0 Å². The zero-order chi connectivity index (χ0) is 22.5. The van der Waals surface area contributed by atoms with Crippen molar-refractivity contribution in [2.24, 2.45) is 0 Å². The van der Waals surface area contributed by atoms with Gasteiger partial charge in [-0.1, -0.05) is 0 Å². The van der Waals surface area contributed by atoms with Crippen molar-refractivity contribution >= 4 is 21.9 Å². The van der Waals surface area contributed by atoms with E-state index in [1.165, 1.54) is 18.3 Å². The van der Waals surface area contributed by atoms with E-state index in [-0.39, 0.29) is 11.5 Å². The van der Waals surface area contributed by atoms with Crippen LogP contribution in [-0.4, -0.2) is 40.3 Å². The summed E-state index contributed by atoms with van der Waals surface area (Å²) < 4.78 is 13.9. The van der Waals surface area contributed by atoms with Crippen LogP contribution in [0.3, 0.4) is 0 Å². The molecule has 0 unspecified atom stereocenters. The van der Waals surface area contributed by atoms with Crippen LogP contribution in [0, 0.1) is 5.82 Å². The molecule has 0 aliphatic heterocycles. The van der Waals surface area contributed by atoms with Gasteiger partial charge in [0.25, 0.3) is 0 Å². The maximum atomic E-state index is 13.9. The van der Waals surface area contributed by atoms with Gasteiger partial charge in [-0.3, -0.25) is 15.1 Å². The number of phenols is 1. The Kier molecular flexibility index (Phi) is 4.09. The average Bonchev–Trinajstić information content (AvgIpc) is 3.41. The third-order valence-corrected chi connectivity index (χ3v) is 5.44. The van der Waals surface area contributed by atoms with E-state index >= 15 is 0 Å². The lowest BCUT2D eigenvalue weighted by Gasteiger charge is -2.03. The van der Waals surface area contributed by atoms with Gasteiger partial charge >= 0.3 is 0 Å². The molecule has 0 amide bonds. The Hall–Kier alpha value is -4.79. The quantitative estimate of drug-likeness (QED) is 0.315. The number of H-pyrrole nitrogens is 2. The number of rotatable bonds is 3. The summed E-state index contributed by atoms with van der Waals surface area (Å²) >= 11 is 0. The summed E-state index contributed by atoms with van der Waals surface area (Å²) in [4.78, 5) is 16.2. The SMILES string of the molecule is Oc1cncc(-c2cnc3n[nH]c(-c4cc5c(-c6cc(O)cc(F)c6)nccc5[nH]4)c3c2)c1. The highest BCUT2D eigenvalue weighted by Crippen LogP contribution is 2.35. The lowest BCUT2D eigenvalue weighted by atomic mass is 10.1. The summed E-state index contributed by atoms with van der Waals surface area (Å²) in [5.74, 6) is -0.641. The number of hydrogen-bond acceptors (Lipinski definition) is 6. The highest BCUT2D eigenvalue weighted by molar-refractivity contribution is 6.00. The number of hydrogen-bond donors (Lipinski definition) is 4. The molecule has 5 aromatic heterocycles. The first-order valence-corrected chi connectivity index (χ1v) is 10.0. The normalized spacial score (nSPS) is 11.4. The molecule has 0 fully saturated rings. The standard InChI is InChI=1S/C24H15FN6O2/c25-15-3-12(4-16(32)7-15)22-18-8-21(29-20(18)1-2-27-22)23-19-6-14(10-28-24(19)31-30-23)13-5-17(33)11-26-9-13/h1-11,29,32-33H,(H,28,30,31). The fourth-order valence-electron chi connectivity index (χ4n) is 3.98. The number of nitrogens with zero attached hydrogens (tertiary/aromatic N) is 4. The van der Waals surface area contributed by atoms with Crippen LogP contribution in [0.15, 0.2) is 67.3 Å². The molecule has 0 spiro atoms. The van der Waals surface area contributed by atoms with Gasteiger partial charge in [-0.15, -0.1) is 0 Å². The van der Waals surface area contributed by atoms with Crippen LogP contribution < -0.4 is 0 Å². The highest BCUT2D eigenvalue weighted by atomic mass is 19.1. The van der Waals surface area contributed by atoms with Crippen molar-refractivity contribution < 1.29 is 14.6 Å². The van der Waals surface area contributed by atoms with Gasteiger partial charge in [0.2, 0.25) is 0 Å². The molecule has 0 bridgehead atoms. The van der Waals surface area contributed by atoms with E-state index in [9.17, 15) is 14.6 Å². The predicted octanol–water partition coefficient (Wildman–Crippen LogP) is 4.78. The molecule has 33 heavy (non-hydrogen) atoms. The summed E-state index contributed by atoms with van der Waals surface area (Å²) in [6.45, 7) is 0. The van der Waals surface area contributed by atoms with E-state index in [2.05, 4.69) is 30.1 Å². The Bertz CT molecular complexity index is 1650. The Morgan fingerprint density at radius 3 is 2.48 bits per heavy atom. The van der Waals surface area contributed by atoms with Crippen molar-refractivity contribution in [3.05, 3.63) is 73.1 Å². The molecule has 5 heterocycles. The highest BCUT2D eigenvalue weighted by Gasteiger charge is 2.16. The molecule has 0 aliphatic carbocycles. The zero-order valence-corrected chi connectivity index (χ0v) is 16.9. The van der Waals surface area contributed by atoms with Gasteiger partial charge < -0.3 is 15.2 Å². The molecule has 0 atom stereocenters. The van der Waals surface area contributed by atoms with Crippen LogP contribution in [0.2, 0.25) is 0 Å². The number of halogens is 1. The van der Waals surface area contributed by atoms with Crippen molar-refractivity contribution in [3.8, 4) is 45.3 Å². The second kappa shape index (κ2) is 7.13. The summed E-state index contributed by atoms with van der Waals surface area (Å²) in [7, 11) is 0. The lowest BCUT2D eigenvalue weighted by molar-refractivity contribution is 0.469. The first-order valence-electron chi connectivity index (χ1n) is 10.0. The minimum Gasteiger partial charge on any atom is -0.508 e. The smallest absolute Gasteiger partial charge is 0.181 e. The average molecular weight is 438 g/mol. The van der Waals surface area contributed by atoms with Crippen molar-refractivity contribution in [1.29, 1.82) is 0 Å². The van der Waals surface area contributed by atoms with E-state index in [1.807, 2.05) is 18.2 Å². The van der Waals surface area contributed by atoms with E-state index in [0.717, 1.165) is 44.9 Å². The molecule has 1 aromatic carbocycles. The maximum absolute atomic E-state index is 13.9. The largest absolute Gasteiger partial charge is 0.508 e. The number of aromatic hydroxyl groups is 2. The molecule has 160 valence electrons. The van der Waals surface area contributed by atoms with Gasteiger partial charge in [-0.2, -0.15) is 5.10 Å². The van der Waals surface area contributed by atoms with E-state index in [1.54, 1.807) is 24.7 Å². The molecule has 0 radical (unpaired) electrons. The molecule has 4 N–H and O–H groups in total. The number of nitrogens with one attached hydrogen (secondary N) is 2. The predicted molar refractivity (Wildman–Crippen MR) is 121 cm³/mol. The second-order valence-corrected chi connectivity index (χ2v) is 7.63. The van der Waals surface area contributed by atoms with E-state index < -0.39 is 5.82 Å². The molecular weight excluding hydrogens is 423 g/mol. The Balaban J connectivity index is 1.51. The van der Waals surface area contributed by atoms with Crippen LogP contribution in [0.4, 0.5) is 4.39 Å². The van der Waals surface area contributed by atoms with Crippen molar-refractivity contribution in [3.63, 3.8) is 0 Å². The summed E-state index contributed by atoms with van der Waals surface area (Å²) in [5.41, 5.74) is 5.31. The fraction of sp³-hybridized carbons (Fsp3) is 0. The van der Waals surface area contributed by atoms with Gasteiger partial charge in [0, 0.05) is 57.6 Å². The number of aromatic nitrogens is 6. The van der Waals surface area contributed by atoms with Crippen LogP contribution in [0.25, 0.3) is 55.7 Å². The molecule has 8 nitrogen and oxygen atoms in total. The first-order chi connectivity index (χ1) is 16.0.